The lowest BCUT2D eigenvalue weighted by Crippen LogP contribution is -2.30. The van der Waals surface area contributed by atoms with Gasteiger partial charge in [0.1, 0.15) is 12.1 Å². The van der Waals surface area contributed by atoms with E-state index in [9.17, 15) is 4.79 Å². The van der Waals surface area contributed by atoms with Gasteiger partial charge in [0, 0.05) is 25.2 Å². The van der Waals surface area contributed by atoms with Gasteiger partial charge in [-0.2, -0.15) is 5.10 Å². The third-order valence-electron chi connectivity index (χ3n) is 5.32. The highest BCUT2D eigenvalue weighted by Gasteiger charge is 2.18. The number of benzene rings is 1. The molecule has 30 heavy (non-hydrogen) atoms. The van der Waals surface area contributed by atoms with E-state index in [-0.39, 0.29) is 5.91 Å². The van der Waals surface area contributed by atoms with Crippen LogP contribution in [0.2, 0.25) is 0 Å². The molecule has 1 N–H and O–H groups in total. The zero-order valence-corrected chi connectivity index (χ0v) is 17.3. The molecular weight excluding hydrogens is 384 g/mol. The van der Waals surface area contributed by atoms with Gasteiger partial charge >= 0.3 is 0 Å². The molecule has 0 aliphatic carbocycles. The molecule has 0 bridgehead atoms. The lowest BCUT2D eigenvalue weighted by atomic mass is 10.1. The van der Waals surface area contributed by atoms with Gasteiger partial charge in [0.05, 0.1) is 32.3 Å². The minimum Gasteiger partial charge on any atom is -0.493 e. The van der Waals surface area contributed by atoms with Crippen LogP contribution in [-0.2, 0) is 6.54 Å². The summed E-state index contributed by atoms with van der Waals surface area (Å²) in [6.07, 6.45) is 7.04. The summed E-state index contributed by atoms with van der Waals surface area (Å²) in [6.45, 7) is 2.96. The average Bonchev–Trinajstić information content (AvgIpc) is 3.22. The Kier molecular flexibility index (Phi) is 5.97. The molecule has 4 rings (SSSR count). The zero-order chi connectivity index (χ0) is 20.9. The molecule has 1 amide bonds. The summed E-state index contributed by atoms with van der Waals surface area (Å²) in [7, 11) is 3.11. The summed E-state index contributed by atoms with van der Waals surface area (Å²) in [5.74, 6) is 1.86. The number of methoxy groups -OCH3 is 2. The lowest BCUT2D eigenvalue weighted by Gasteiger charge is -2.27. The summed E-state index contributed by atoms with van der Waals surface area (Å²) in [5.41, 5.74) is 1.29. The fourth-order valence-electron chi connectivity index (χ4n) is 3.76. The van der Waals surface area contributed by atoms with E-state index in [1.807, 2.05) is 6.20 Å². The fourth-order valence-corrected chi connectivity index (χ4v) is 3.76. The Balaban J connectivity index is 1.42. The average molecular weight is 410 g/mol. The molecule has 9 nitrogen and oxygen atoms in total. The van der Waals surface area contributed by atoms with Crippen LogP contribution in [0.25, 0.3) is 11.0 Å². The van der Waals surface area contributed by atoms with Crippen LogP contribution in [-0.4, -0.2) is 59.5 Å². The van der Waals surface area contributed by atoms with Crippen molar-refractivity contribution < 1.29 is 14.3 Å². The number of fused-ring (bicyclic) bond motifs is 1. The smallest absolute Gasteiger partial charge is 0.251 e. The number of anilines is 1. The minimum atomic E-state index is -0.184. The minimum absolute atomic E-state index is 0.184. The molecule has 9 heteroatoms. The zero-order valence-electron chi connectivity index (χ0n) is 17.3. The molecular formula is C21H26N6O3. The number of nitrogens with zero attached hydrogens (tertiary/aromatic N) is 5. The second-order valence-electron chi connectivity index (χ2n) is 7.18. The number of carbonyl (C=O) groups excluding carboxylic acids is 1. The van der Waals surface area contributed by atoms with Crippen LogP contribution in [0.1, 0.15) is 29.6 Å². The normalized spacial score (nSPS) is 14.0. The van der Waals surface area contributed by atoms with Crippen molar-refractivity contribution in [3.8, 4) is 11.5 Å². The number of rotatable bonds is 7. The molecule has 1 aliphatic heterocycles. The summed E-state index contributed by atoms with van der Waals surface area (Å²) in [4.78, 5) is 23.7. The second-order valence-corrected chi connectivity index (χ2v) is 7.18. The molecule has 1 saturated heterocycles. The van der Waals surface area contributed by atoms with Crippen molar-refractivity contribution in [2.24, 2.45) is 0 Å². The second kappa shape index (κ2) is 8.98. The molecule has 2 aromatic heterocycles. The van der Waals surface area contributed by atoms with Gasteiger partial charge < -0.3 is 19.7 Å². The first kappa shape index (κ1) is 19.9. The van der Waals surface area contributed by atoms with Crippen LogP contribution in [0.4, 0.5) is 5.82 Å². The van der Waals surface area contributed by atoms with Gasteiger partial charge in [0.15, 0.2) is 17.1 Å². The van der Waals surface area contributed by atoms with E-state index >= 15 is 0 Å². The number of amides is 1. The van der Waals surface area contributed by atoms with Crippen LogP contribution in [0, 0.1) is 0 Å². The maximum Gasteiger partial charge on any atom is 0.251 e. The van der Waals surface area contributed by atoms with E-state index in [4.69, 9.17) is 9.47 Å². The largest absolute Gasteiger partial charge is 0.493 e. The number of ether oxygens (including phenoxy) is 2. The number of aromatic nitrogens is 4. The predicted molar refractivity (Wildman–Crippen MR) is 113 cm³/mol. The van der Waals surface area contributed by atoms with Crippen molar-refractivity contribution in [1.29, 1.82) is 0 Å². The molecule has 1 aliphatic rings. The third kappa shape index (κ3) is 4.00. The fraction of sp³-hybridized carbons (Fsp3) is 0.429. The molecule has 0 atom stereocenters. The Labute approximate surface area is 175 Å². The van der Waals surface area contributed by atoms with Gasteiger partial charge in [0.25, 0.3) is 5.91 Å². The van der Waals surface area contributed by atoms with Crippen molar-refractivity contribution in [3.63, 3.8) is 0 Å². The summed E-state index contributed by atoms with van der Waals surface area (Å²) < 4.78 is 12.3. The van der Waals surface area contributed by atoms with Gasteiger partial charge in [-0.05, 0) is 37.5 Å². The Morgan fingerprint density at radius 2 is 1.90 bits per heavy atom. The number of piperidine rings is 1. The first-order valence-electron chi connectivity index (χ1n) is 10.1. The van der Waals surface area contributed by atoms with Crippen LogP contribution < -0.4 is 19.7 Å². The highest BCUT2D eigenvalue weighted by atomic mass is 16.5. The van der Waals surface area contributed by atoms with Crippen LogP contribution >= 0.6 is 0 Å². The topological polar surface area (TPSA) is 94.4 Å². The Morgan fingerprint density at radius 1 is 1.10 bits per heavy atom. The van der Waals surface area contributed by atoms with Crippen molar-refractivity contribution in [1.82, 2.24) is 25.1 Å². The van der Waals surface area contributed by atoms with Gasteiger partial charge in [-0.3, -0.25) is 4.79 Å². The number of nitrogens with one attached hydrogen (secondary N) is 1. The Hall–Kier alpha value is -3.36. The summed E-state index contributed by atoms with van der Waals surface area (Å²) in [5, 5.41) is 8.34. The predicted octanol–water partition coefficient (Wildman–Crippen LogP) is 2.26. The molecule has 0 saturated carbocycles. The van der Waals surface area contributed by atoms with E-state index in [0.717, 1.165) is 29.9 Å². The number of hydrogen-bond acceptors (Lipinski definition) is 7. The summed E-state index contributed by atoms with van der Waals surface area (Å²) in [6, 6.07) is 5.08. The maximum atomic E-state index is 12.5. The molecule has 1 fully saturated rings. The molecule has 0 radical (unpaired) electrons. The first-order chi connectivity index (χ1) is 14.7. The SMILES string of the molecule is COc1ccc(C(=O)NCCn2ncc3c(N4CCCCC4)ncnc32)cc1OC. The highest BCUT2D eigenvalue weighted by molar-refractivity contribution is 5.94. The van der Waals surface area contributed by atoms with Crippen molar-refractivity contribution >= 4 is 22.8 Å². The molecule has 158 valence electrons. The standard InChI is InChI=1S/C21H26N6O3/c1-29-17-7-6-15(12-18(17)30-2)21(28)22-8-11-27-20-16(13-25-27)19(23-14-24-20)26-9-4-3-5-10-26/h6-7,12-14H,3-5,8-11H2,1-2H3,(H,22,28). The van der Waals surface area contributed by atoms with Gasteiger partial charge in [-0.15, -0.1) is 0 Å². The van der Waals surface area contributed by atoms with Crippen LogP contribution in [0.15, 0.2) is 30.7 Å². The molecule has 3 heterocycles. The van der Waals surface area contributed by atoms with Gasteiger partial charge in [-0.1, -0.05) is 0 Å². The van der Waals surface area contributed by atoms with E-state index < -0.39 is 0 Å². The monoisotopic (exact) mass is 410 g/mol. The van der Waals surface area contributed by atoms with Crippen LogP contribution in [0.3, 0.4) is 0 Å². The van der Waals surface area contributed by atoms with E-state index in [2.05, 4.69) is 25.3 Å². The first-order valence-corrected chi connectivity index (χ1v) is 10.1. The highest BCUT2D eigenvalue weighted by Crippen LogP contribution is 2.27. The Bertz CT molecular complexity index is 1030. The Morgan fingerprint density at radius 3 is 2.67 bits per heavy atom. The van der Waals surface area contributed by atoms with E-state index in [1.165, 1.54) is 19.3 Å². The number of hydrogen-bond donors (Lipinski definition) is 1. The van der Waals surface area contributed by atoms with Gasteiger partial charge in [0.2, 0.25) is 0 Å². The molecule has 3 aromatic rings. The third-order valence-corrected chi connectivity index (χ3v) is 5.32. The van der Waals surface area contributed by atoms with E-state index in [1.54, 1.807) is 43.4 Å². The molecule has 0 unspecified atom stereocenters. The number of carbonyl (C=O) groups is 1. The van der Waals surface area contributed by atoms with Crippen LogP contribution in [0.5, 0.6) is 11.5 Å². The van der Waals surface area contributed by atoms with E-state index in [0.29, 0.717) is 30.2 Å². The molecule has 0 spiro atoms. The van der Waals surface area contributed by atoms with Crippen molar-refractivity contribution in [3.05, 3.63) is 36.3 Å². The summed E-state index contributed by atoms with van der Waals surface area (Å²) >= 11 is 0. The van der Waals surface area contributed by atoms with Crippen molar-refractivity contribution in [2.75, 3.05) is 38.8 Å². The van der Waals surface area contributed by atoms with Crippen molar-refractivity contribution in [2.45, 2.75) is 25.8 Å². The van der Waals surface area contributed by atoms with Gasteiger partial charge in [-0.25, -0.2) is 14.6 Å². The maximum absolute atomic E-state index is 12.5. The quantitative estimate of drug-likeness (QED) is 0.638. The lowest BCUT2D eigenvalue weighted by molar-refractivity contribution is 0.0951. The molecule has 1 aromatic carbocycles.